The van der Waals surface area contributed by atoms with Crippen LogP contribution in [0.2, 0.25) is 0 Å². The molecule has 1 N–H and O–H groups in total. The van der Waals surface area contributed by atoms with Gasteiger partial charge in [0.15, 0.2) is 0 Å². The Morgan fingerprint density at radius 2 is 1.73 bits per heavy atom. The first-order chi connectivity index (χ1) is 14.6. The molecule has 30 heavy (non-hydrogen) atoms. The maximum Gasteiger partial charge on any atom is 0.223 e. The van der Waals surface area contributed by atoms with Crippen LogP contribution in [0.25, 0.3) is 6.08 Å². The molecule has 2 aromatic carbocycles. The molecular weight excluding hydrogens is 374 g/mol. The summed E-state index contributed by atoms with van der Waals surface area (Å²) in [6, 6.07) is 22.6. The first-order valence-electron chi connectivity index (χ1n) is 9.95. The highest BCUT2D eigenvalue weighted by Crippen LogP contribution is 2.33. The molecular formula is C25H23N3O2. The fourth-order valence-corrected chi connectivity index (χ4v) is 3.83. The number of fused-ring (bicyclic) bond motifs is 1. The molecule has 5 heteroatoms. The molecule has 2 unspecified atom stereocenters. The quantitative estimate of drug-likeness (QED) is 0.700. The molecule has 150 valence electrons. The zero-order valence-electron chi connectivity index (χ0n) is 16.7. The Kier molecular flexibility index (Phi) is 5.70. The van der Waals surface area contributed by atoms with Gasteiger partial charge in [-0.25, -0.2) is 0 Å². The van der Waals surface area contributed by atoms with Crippen molar-refractivity contribution in [3.05, 3.63) is 108 Å². The Morgan fingerprint density at radius 3 is 2.47 bits per heavy atom. The van der Waals surface area contributed by atoms with Gasteiger partial charge in [-0.3, -0.25) is 14.6 Å². The fourth-order valence-electron chi connectivity index (χ4n) is 3.83. The predicted molar refractivity (Wildman–Crippen MR) is 116 cm³/mol. The lowest BCUT2D eigenvalue weighted by atomic mass is 9.93. The first kappa shape index (κ1) is 19.6. The van der Waals surface area contributed by atoms with E-state index in [4.69, 9.17) is 0 Å². The summed E-state index contributed by atoms with van der Waals surface area (Å²) in [5, 5.41) is 3.12. The number of carbonyl (C=O) groups excluding carboxylic acids is 2. The van der Waals surface area contributed by atoms with Crippen LogP contribution in [0.3, 0.4) is 0 Å². The normalized spacial score (nSPS) is 15.9. The van der Waals surface area contributed by atoms with Crippen LogP contribution in [0.15, 0.2) is 85.2 Å². The van der Waals surface area contributed by atoms with Crippen molar-refractivity contribution in [3.63, 3.8) is 0 Å². The summed E-state index contributed by atoms with van der Waals surface area (Å²) >= 11 is 0. The zero-order chi connectivity index (χ0) is 20.9. The van der Waals surface area contributed by atoms with E-state index in [1.165, 1.54) is 6.92 Å². The Morgan fingerprint density at radius 1 is 1.00 bits per heavy atom. The number of rotatable bonds is 5. The predicted octanol–water partition coefficient (Wildman–Crippen LogP) is 4.25. The second-order valence-electron chi connectivity index (χ2n) is 7.26. The zero-order valence-corrected chi connectivity index (χ0v) is 16.7. The van der Waals surface area contributed by atoms with Gasteiger partial charge in [0, 0.05) is 19.3 Å². The van der Waals surface area contributed by atoms with Gasteiger partial charge in [-0.05, 0) is 34.9 Å². The monoisotopic (exact) mass is 397 g/mol. The molecule has 1 aliphatic heterocycles. The molecule has 0 radical (unpaired) electrons. The molecule has 1 aromatic heterocycles. The molecule has 2 amide bonds. The highest BCUT2D eigenvalue weighted by molar-refractivity contribution is 5.82. The summed E-state index contributed by atoms with van der Waals surface area (Å²) < 4.78 is 0. The number of hydrogen-bond acceptors (Lipinski definition) is 3. The van der Waals surface area contributed by atoms with Crippen LogP contribution in [0, 0.1) is 0 Å². The molecule has 0 saturated carbocycles. The highest BCUT2D eigenvalue weighted by atomic mass is 16.2. The minimum atomic E-state index is -0.361. The van der Waals surface area contributed by atoms with E-state index in [9.17, 15) is 9.59 Å². The molecule has 0 spiro atoms. The lowest BCUT2D eigenvalue weighted by Crippen LogP contribution is -2.36. The van der Waals surface area contributed by atoms with Gasteiger partial charge in [0.05, 0.1) is 24.2 Å². The molecule has 0 aliphatic carbocycles. The van der Waals surface area contributed by atoms with Gasteiger partial charge in [0.25, 0.3) is 0 Å². The number of pyridine rings is 1. The molecule has 2 heterocycles. The van der Waals surface area contributed by atoms with Crippen molar-refractivity contribution in [2.45, 2.75) is 25.4 Å². The van der Waals surface area contributed by atoms with E-state index in [2.05, 4.69) is 10.3 Å². The largest absolute Gasteiger partial charge is 0.344 e. The van der Waals surface area contributed by atoms with Crippen LogP contribution in [-0.2, 0) is 9.59 Å². The van der Waals surface area contributed by atoms with Crippen LogP contribution < -0.4 is 5.32 Å². The maximum atomic E-state index is 13.1. The summed E-state index contributed by atoms with van der Waals surface area (Å²) in [6.07, 6.45) is 5.55. The SMILES string of the molecule is CC(=O)N1C=Cc2ccccc2C1CC(=O)NC(c1ccccc1)c1ccccn1. The molecule has 1 aliphatic rings. The van der Waals surface area contributed by atoms with Crippen LogP contribution in [0.5, 0.6) is 0 Å². The molecule has 4 rings (SSSR count). The minimum absolute atomic E-state index is 0.0945. The summed E-state index contributed by atoms with van der Waals surface area (Å²) in [7, 11) is 0. The van der Waals surface area contributed by atoms with Crippen molar-refractivity contribution in [2.24, 2.45) is 0 Å². The third-order valence-corrected chi connectivity index (χ3v) is 5.27. The standard InChI is InChI=1S/C25H23N3O2/c1-18(29)28-16-14-19-9-5-6-12-21(19)23(28)17-24(30)27-25(20-10-3-2-4-11-20)22-13-7-8-15-26-22/h2-16,23,25H,17H2,1H3,(H,27,30). The molecule has 3 aromatic rings. The van der Waals surface area contributed by atoms with Crippen LogP contribution in [0.4, 0.5) is 0 Å². The molecule has 0 bridgehead atoms. The number of nitrogens with one attached hydrogen (secondary N) is 1. The molecule has 2 atom stereocenters. The third-order valence-electron chi connectivity index (χ3n) is 5.27. The van der Waals surface area contributed by atoms with Gasteiger partial charge in [-0.15, -0.1) is 0 Å². The number of benzene rings is 2. The Bertz CT molecular complexity index is 1020. The Labute approximate surface area is 176 Å². The number of nitrogens with zero attached hydrogens (tertiary/aromatic N) is 2. The fraction of sp³-hybridized carbons (Fsp3) is 0.160. The number of amides is 2. The number of carbonyl (C=O) groups is 2. The van der Waals surface area contributed by atoms with E-state index >= 15 is 0 Å². The minimum Gasteiger partial charge on any atom is -0.344 e. The third kappa shape index (κ3) is 4.15. The van der Waals surface area contributed by atoms with Crippen molar-refractivity contribution in [1.82, 2.24) is 15.2 Å². The summed E-state index contributed by atoms with van der Waals surface area (Å²) in [6.45, 7) is 1.52. The summed E-state index contributed by atoms with van der Waals surface area (Å²) in [5.74, 6) is -0.237. The molecule has 0 saturated heterocycles. The molecule has 5 nitrogen and oxygen atoms in total. The van der Waals surface area contributed by atoms with Gasteiger partial charge >= 0.3 is 0 Å². The average molecular weight is 397 g/mol. The van der Waals surface area contributed by atoms with Gasteiger partial charge in [-0.2, -0.15) is 0 Å². The second-order valence-corrected chi connectivity index (χ2v) is 7.26. The van der Waals surface area contributed by atoms with E-state index in [1.807, 2.05) is 78.9 Å². The van der Waals surface area contributed by atoms with Gasteiger partial charge < -0.3 is 10.2 Å². The lowest BCUT2D eigenvalue weighted by Gasteiger charge is -2.32. The van der Waals surface area contributed by atoms with Crippen LogP contribution in [-0.4, -0.2) is 21.7 Å². The lowest BCUT2D eigenvalue weighted by molar-refractivity contribution is -0.130. The highest BCUT2D eigenvalue weighted by Gasteiger charge is 2.29. The van der Waals surface area contributed by atoms with Gasteiger partial charge in [0.2, 0.25) is 11.8 Å². The van der Waals surface area contributed by atoms with Gasteiger partial charge in [0.1, 0.15) is 0 Å². The number of aromatic nitrogens is 1. The van der Waals surface area contributed by atoms with Crippen LogP contribution in [0.1, 0.15) is 47.8 Å². The summed E-state index contributed by atoms with van der Waals surface area (Å²) in [5.41, 5.74) is 3.72. The van der Waals surface area contributed by atoms with E-state index in [1.54, 1.807) is 17.3 Å². The second kappa shape index (κ2) is 8.74. The van der Waals surface area contributed by atoms with E-state index in [0.29, 0.717) is 0 Å². The van der Waals surface area contributed by atoms with Crippen molar-refractivity contribution >= 4 is 17.9 Å². The molecule has 0 fully saturated rings. The van der Waals surface area contributed by atoms with E-state index < -0.39 is 0 Å². The topological polar surface area (TPSA) is 62.3 Å². The maximum absolute atomic E-state index is 13.1. The smallest absolute Gasteiger partial charge is 0.223 e. The number of hydrogen-bond donors (Lipinski definition) is 1. The van der Waals surface area contributed by atoms with Crippen LogP contribution >= 0.6 is 0 Å². The Balaban J connectivity index is 1.60. The Hall–Kier alpha value is -3.73. The van der Waals surface area contributed by atoms with Crippen molar-refractivity contribution in [1.29, 1.82) is 0 Å². The van der Waals surface area contributed by atoms with E-state index in [0.717, 1.165) is 22.4 Å². The average Bonchev–Trinajstić information content (AvgIpc) is 2.78. The van der Waals surface area contributed by atoms with Crippen molar-refractivity contribution < 1.29 is 9.59 Å². The van der Waals surface area contributed by atoms with E-state index in [-0.39, 0.29) is 30.3 Å². The summed E-state index contributed by atoms with van der Waals surface area (Å²) in [4.78, 5) is 31.4. The van der Waals surface area contributed by atoms with Gasteiger partial charge in [-0.1, -0.05) is 60.7 Å². The first-order valence-corrected chi connectivity index (χ1v) is 9.95. The van der Waals surface area contributed by atoms with Crippen molar-refractivity contribution in [3.8, 4) is 0 Å². The van der Waals surface area contributed by atoms with Crippen molar-refractivity contribution in [2.75, 3.05) is 0 Å².